The number of hydrogen-bond donors (Lipinski definition) is 3. The van der Waals surface area contributed by atoms with Crippen LogP contribution < -0.4 is 16.7 Å². The molecule has 0 amide bonds. The molecule has 0 fully saturated rings. The van der Waals surface area contributed by atoms with E-state index in [2.05, 4.69) is 28.8 Å². The Labute approximate surface area is 89.4 Å². The van der Waals surface area contributed by atoms with Crippen molar-refractivity contribution in [2.45, 2.75) is 19.8 Å². The highest BCUT2D eigenvalue weighted by atomic mass is 15.6. The molecule has 0 aromatic heterocycles. The predicted octanol–water partition coefficient (Wildman–Crippen LogP) is -0.167. The second-order valence-electron chi connectivity index (χ2n) is 3.21. The van der Waals surface area contributed by atoms with Crippen LogP contribution in [-0.4, -0.2) is 24.1 Å². The highest BCUT2D eigenvalue weighted by Crippen LogP contribution is 2.03. The molecule has 0 saturated heterocycles. The zero-order chi connectivity index (χ0) is 11.1. The molecule has 0 bridgehead atoms. The van der Waals surface area contributed by atoms with Crippen LogP contribution in [0.5, 0.6) is 0 Å². The van der Waals surface area contributed by atoms with Gasteiger partial charge < -0.3 is 0 Å². The first-order chi connectivity index (χ1) is 7.31. The van der Waals surface area contributed by atoms with E-state index >= 15 is 0 Å². The molecule has 82 valence electrons. The molecule has 0 radical (unpaired) electrons. The molecule has 0 aromatic rings. The summed E-state index contributed by atoms with van der Waals surface area (Å²) in [5.41, 5.74) is 6.25. The Hall–Kier alpha value is -1.58. The lowest BCUT2D eigenvalue weighted by molar-refractivity contribution is 0.314. The van der Waals surface area contributed by atoms with Gasteiger partial charge in [0.2, 0.25) is 5.96 Å². The topological polar surface area (TPSA) is 89.5 Å². The van der Waals surface area contributed by atoms with Gasteiger partial charge in [-0.15, -0.1) is 0 Å². The van der Waals surface area contributed by atoms with Gasteiger partial charge in [-0.1, -0.05) is 13.3 Å². The van der Waals surface area contributed by atoms with E-state index in [0.717, 1.165) is 19.4 Å². The highest BCUT2D eigenvalue weighted by Gasteiger charge is 2.15. The highest BCUT2D eigenvalue weighted by molar-refractivity contribution is 5.81. The second kappa shape index (κ2) is 6.01. The number of unbranched alkanes of at least 4 members (excludes halogenated alkanes) is 1. The van der Waals surface area contributed by atoms with Gasteiger partial charge in [-0.3, -0.25) is 10.4 Å². The number of aliphatic imine (C=N–C) groups is 1. The molecule has 6 nitrogen and oxygen atoms in total. The SMILES string of the molecule is CCCCNN1CC(C#N)=CN=C1NN. The fourth-order valence-corrected chi connectivity index (χ4v) is 1.20. The molecule has 6 heteroatoms. The van der Waals surface area contributed by atoms with E-state index in [4.69, 9.17) is 11.1 Å². The van der Waals surface area contributed by atoms with Crippen molar-refractivity contribution >= 4 is 5.96 Å². The summed E-state index contributed by atoms with van der Waals surface area (Å²) in [6.07, 6.45) is 3.71. The molecule has 1 aliphatic rings. The van der Waals surface area contributed by atoms with E-state index in [1.165, 1.54) is 6.20 Å². The zero-order valence-electron chi connectivity index (χ0n) is 8.82. The van der Waals surface area contributed by atoms with Gasteiger partial charge in [-0.2, -0.15) is 5.26 Å². The van der Waals surface area contributed by atoms with Crippen molar-refractivity contribution < 1.29 is 0 Å². The Morgan fingerprint density at radius 3 is 3.13 bits per heavy atom. The van der Waals surface area contributed by atoms with Crippen molar-refractivity contribution in [2.24, 2.45) is 10.8 Å². The first kappa shape index (κ1) is 11.5. The monoisotopic (exact) mass is 208 g/mol. The lowest BCUT2D eigenvalue weighted by Crippen LogP contribution is -2.53. The number of nitrogens with zero attached hydrogens (tertiary/aromatic N) is 3. The van der Waals surface area contributed by atoms with Gasteiger partial charge in [0.1, 0.15) is 0 Å². The van der Waals surface area contributed by atoms with E-state index in [1.54, 1.807) is 5.01 Å². The van der Waals surface area contributed by atoms with Crippen LogP contribution >= 0.6 is 0 Å². The lowest BCUT2D eigenvalue weighted by Gasteiger charge is -2.27. The van der Waals surface area contributed by atoms with Crippen LogP contribution in [0.3, 0.4) is 0 Å². The smallest absolute Gasteiger partial charge is 0.228 e. The summed E-state index contributed by atoms with van der Waals surface area (Å²) in [7, 11) is 0. The third kappa shape index (κ3) is 3.23. The summed E-state index contributed by atoms with van der Waals surface area (Å²) in [5.74, 6) is 5.84. The molecule has 1 aliphatic heterocycles. The van der Waals surface area contributed by atoms with E-state index in [9.17, 15) is 0 Å². The van der Waals surface area contributed by atoms with E-state index in [-0.39, 0.29) is 0 Å². The molecule has 0 atom stereocenters. The van der Waals surface area contributed by atoms with Crippen LogP contribution in [0.25, 0.3) is 0 Å². The number of nitriles is 1. The first-order valence-electron chi connectivity index (χ1n) is 4.96. The van der Waals surface area contributed by atoms with Crippen LogP contribution in [0.15, 0.2) is 16.8 Å². The van der Waals surface area contributed by atoms with E-state index < -0.39 is 0 Å². The lowest BCUT2D eigenvalue weighted by atomic mass is 10.3. The van der Waals surface area contributed by atoms with Gasteiger partial charge >= 0.3 is 0 Å². The quantitative estimate of drug-likeness (QED) is 0.339. The van der Waals surface area contributed by atoms with E-state index in [1.807, 2.05) is 0 Å². The molecular formula is C9H16N6. The van der Waals surface area contributed by atoms with Crippen molar-refractivity contribution in [3.63, 3.8) is 0 Å². The minimum Gasteiger partial charge on any atom is -0.293 e. The summed E-state index contributed by atoms with van der Waals surface area (Å²) in [6, 6.07) is 2.07. The molecule has 0 unspecified atom stereocenters. The maximum Gasteiger partial charge on any atom is 0.228 e. The molecule has 0 spiro atoms. The van der Waals surface area contributed by atoms with Crippen LogP contribution in [-0.2, 0) is 0 Å². The average Bonchev–Trinajstić information content (AvgIpc) is 2.29. The van der Waals surface area contributed by atoms with E-state index in [0.29, 0.717) is 18.1 Å². The Balaban J connectivity index is 2.54. The van der Waals surface area contributed by atoms with Crippen LogP contribution in [0.4, 0.5) is 0 Å². The summed E-state index contributed by atoms with van der Waals surface area (Å²) >= 11 is 0. The zero-order valence-corrected chi connectivity index (χ0v) is 8.82. The Morgan fingerprint density at radius 2 is 2.53 bits per heavy atom. The van der Waals surface area contributed by atoms with Crippen LogP contribution in [0.2, 0.25) is 0 Å². The van der Waals surface area contributed by atoms with Crippen molar-refractivity contribution in [2.75, 3.05) is 13.1 Å². The minimum absolute atomic E-state index is 0.489. The largest absolute Gasteiger partial charge is 0.293 e. The van der Waals surface area contributed by atoms with Crippen molar-refractivity contribution in [1.82, 2.24) is 15.9 Å². The molecule has 0 saturated carbocycles. The third-order valence-corrected chi connectivity index (χ3v) is 2.03. The standard InChI is InChI=1S/C9H16N6/c1-2-3-4-13-15-7-8(5-10)6-12-9(15)14-11/h6,13H,2-4,7,11H2,1H3,(H,12,14). The summed E-state index contributed by atoms with van der Waals surface area (Å²) < 4.78 is 0. The molecule has 1 heterocycles. The fourth-order valence-electron chi connectivity index (χ4n) is 1.20. The van der Waals surface area contributed by atoms with Crippen molar-refractivity contribution in [3.8, 4) is 6.07 Å². The first-order valence-corrected chi connectivity index (χ1v) is 4.96. The van der Waals surface area contributed by atoms with Crippen molar-refractivity contribution in [1.29, 1.82) is 5.26 Å². The van der Waals surface area contributed by atoms with Gasteiger partial charge in [0.15, 0.2) is 0 Å². The molecule has 0 aliphatic carbocycles. The number of nitrogens with one attached hydrogen (secondary N) is 2. The van der Waals surface area contributed by atoms with Crippen molar-refractivity contribution in [3.05, 3.63) is 11.8 Å². The average molecular weight is 208 g/mol. The normalized spacial score (nSPS) is 15.4. The molecular weight excluding hydrogens is 192 g/mol. The molecule has 0 aromatic carbocycles. The summed E-state index contributed by atoms with van der Waals surface area (Å²) in [5, 5.41) is 10.5. The molecule has 1 rings (SSSR count). The van der Waals surface area contributed by atoms with Gasteiger partial charge in [0.05, 0.1) is 18.2 Å². The van der Waals surface area contributed by atoms with Crippen LogP contribution in [0.1, 0.15) is 19.8 Å². The molecule has 15 heavy (non-hydrogen) atoms. The summed E-state index contributed by atoms with van der Waals surface area (Å²) in [6.45, 7) is 3.45. The Bertz CT molecular complexity index is 300. The van der Waals surface area contributed by atoms with Gasteiger partial charge in [-0.25, -0.2) is 16.3 Å². The number of hydrogen-bond acceptors (Lipinski definition) is 6. The number of rotatable bonds is 4. The van der Waals surface area contributed by atoms with Crippen LogP contribution in [0, 0.1) is 11.3 Å². The maximum atomic E-state index is 8.75. The number of hydrazine groups is 2. The Morgan fingerprint density at radius 1 is 1.73 bits per heavy atom. The maximum absolute atomic E-state index is 8.75. The van der Waals surface area contributed by atoms with Gasteiger partial charge in [0, 0.05) is 12.7 Å². The number of nitrogens with two attached hydrogens (primary N) is 1. The summed E-state index contributed by atoms with van der Waals surface area (Å²) in [4.78, 5) is 4.02. The Kier molecular flexibility index (Phi) is 4.60. The fraction of sp³-hybridized carbons (Fsp3) is 0.556. The number of guanidine groups is 1. The third-order valence-electron chi connectivity index (χ3n) is 2.03. The molecule has 4 N–H and O–H groups in total. The predicted molar refractivity (Wildman–Crippen MR) is 58.1 cm³/mol. The second-order valence-corrected chi connectivity index (χ2v) is 3.21. The van der Waals surface area contributed by atoms with Gasteiger partial charge in [-0.05, 0) is 6.42 Å². The van der Waals surface area contributed by atoms with Gasteiger partial charge in [0.25, 0.3) is 0 Å². The minimum atomic E-state index is 0.489.